The zero-order chi connectivity index (χ0) is 16.2. The number of hydrogen-bond acceptors (Lipinski definition) is 3. The second-order valence-corrected chi connectivity index (χ2v) is 5.50. The fourth-order valence-corrected chi connectivity index (χ4v) is 2.68. The summed E-state index contributed by atoms with van der Waals surface area (Å²) in [6.07, 6.45) is 2.49. The van der Waals surface area contributed by atoms with E-state index in [0.717, 1.165) is 18.7 Å². The quantitative estimate of drug-likeness (QED) is 0.861. The molecule has 118 valence electrons. The molecule has 2 aromatic carbocycles. The highest BCUT2D eigenvalue weighted by Gasteiger charge is 2.11. The van der Waals surface area contributed by atoms with Crippen LogP contribution in [0.1, 0.15) is 24.0 Å². The molecule has 0 amide bonds. The van der Waals surface area contributed by atoms with Crippen molar-refractivity contribution in [2.75, 3.05) is 25.1 Å². The molecule has 0 radical (unpaired) electrons. The van der Waals surface area contributed by atoms with Crippen LogP contribution in [0.2, 0.25) is 0 Å². The van der Waals surface area contributed by atoms with Crippen molar-refractivity contribution in [2.24, 2.45) is 0 Å². The van der Waals surface area contributed by atoms with Crippen LogP contribution < -0.4 is 9.64 Å². The lowest BCUT2D eigenvalue weighted by Gasteiger charge is -2.17. The summed E-state index contributed by atoms with van der Waals surface area (Å²) in [4.78, 5) is 2.36. The number of methoxy groups -OCH3 is 1. The molecular formula is C19H18FNO2. The SMILES string of the molecule is COc1cc(C#Cc2ccc(N3CCCC3)cc2)cc(F)c1O. The summed E-state index contributed by atoms with van der Waals surface area (Å²) < 4.78 is 18.5. The molecule has 1 fully saturated rings. The number of anilines is 1. The van der Waals surface area contributed by atoms with Crippen molar-refractivity contribution in [3.63, 3.8) is 0 Å². The standard InChI is InChI=1S/C19H18FNO2/c1-23-18-13-15(12-17(20)19(18)22)5-4-14-6-8-16(9-7-14)21-10-2-3-11-21/h6-9,12-13,22H,2-3,10-11H2,1H3. The minimum Gasteiger partial charge on any atom is -0.502 e. The zero-order valence-electron chi connectivity index (χ0n) is 13.0. The molecule has 0 unspecified atom stereocenters. The molecule has 3 rings (SSSR count). The van der Waals surface area contributed by atoms with E-state index in [1.807, 2.05) is 12.1 Å². The van der Waals surface area contributed by atoms with Gasteiger partial charge in [0.05, 0.1) is 7.11 Å². The summed E-state index contributed by atoms with van der Waals surface area (Å²) >= 11 is 0. The lowest BCUT2D eigenvalue weighted by Crippen LogP contribution is -2.17. The Hall–Kier alpha value is -2.67. The predicted molar refractivity (Wildman–Crippen MR) is 88.5 cm³/mol. The van der Waals surface area contributed by atoms with Gasteiger partial charge >= 0.3 is 0 Å². The van der Waals surface area contributed by atoms with Gasteiger partial charge in [-0.3, -0.25) is 0 Å². The molecule has 1 aliphatic rings. The Bertz CT molecular complexity index is 753. The number of ether oxygens (including phenoxy) is 1. The van der Waals surface area contributed by atoms with E-state index in [9.17, 15) is 9.50 Å². The van der Waals surface area contributed by atoms with Gasteiger partial charge in [0.25, 0.3) is 0 Å². The minimum absolute atomic E-state index is 0.0821. The largest absolute Gasteiger partial charge is 0.502 e. The number of halogens is 1. The van der Waals surface area contributed by atoms with Crippen LogP contribution in [0.3, 0.4) is 0 Å². The van der Waals surface area contributed by atoms with E-state index in [1.165, 1.54) is 37.8 Å². The lowest BCUT2D eigenvalue weighted by atomic mass is 10.1. The van der Waals surface area contributed by atoms with E-state index in [-0.39, 0.29) is 5.75 Å². The van der Waals surface area contributed by atoms with Crippen LogP contribution >= 0.6 is 0 Å². The van der Waals surface area contributed by atoms with Gasteiger partial charge < -0.3 is 14.7 Å². The van der Waals surface area contributed by atoms with E-state index in [1.54, 1.807) is 0 Å². The maximum Gasteiger partial charge on any atom is 0.194 e. The van der Waals surface area contributed by atoms with E-state index in [2.05, 4.69) is 28.9 Å². The maximum absolute atomic E-state index is 13.6. The fraction of sp³-hybridized carbons (Fsp3) is 0.263. The highest BCUT2D eigenvalue weighted by Crippen LogP contribution is 2.29. The summed E-state index contributed by atoms with van der Waals surface area (Å²) in [5.41, 5.74) is 2.53. The number of hydrogen-bond donors (Lipinski definition) is 1. The average Bonchev–Trinajstić information content (AvgIpc) is 3.11. The molecule has 1 heterocycles. The molecule has 0 aromatic heterocycles. The summed E-state index contributed by atoms with van der Waals surface area (Å²) in [5.74, 6) is 4.75. The topological polar surface area (TPSA) is 32.7 Å². The zero-order valence-corrected chi connectivity index (χ0v) is 13.0. The van der Waals surface area contributed by atoms with Gasteiger partial charge in [-0.05, 0) is 49.2 Å². The second kappa shape index (κ2) is 6.62. The van der Waals surface area contributed by atoms with Gasteiger partial charge in [0.1, 0.15) is 0 Å². The third-order valence-corrected chi connectivity index (χ3v) is 3.94. The first-order chi connectivity index (χ1) is 11.2. The molecule has 0 saturated carbocycles. The number of nitrogens with zero attached hydrogens (tertiary/aromatic N) is 1. The van der Waals surface area contributed by atoms with Crippen molar-refractivity contribution in [1.82, 2.24) is 0 Å². The Morgan fingerprint density at radius 2 is 1.70 bits per heavy atom. The van der Waals surface area contributed by atoms with Crippen molar-refractivity contribution in [3.8, 4) is 23.3 Å². The Kier molecular flexibility index (Phi) is 4.38. The molecule has 0 spiro atoms. The molecule has 0 aliphatic carbocycles. The maximum atomic E-state index is 13.6. The first-order valence-electron chi connectivity index (χ1n) is 7.61. The molecule has 0 atom stereocenters. The van der Waals surface area contributed by atoms with Gasteiger partial charge in [-0.25, -0.2) is 4.39 Å². The molecule has 2 aromatic rings. The van der Waals surface area contributed by atoms with Crippen LogP contribution in [0, 0.1) is 17.7 Å². The van der Waals surface area contributed by atoms with Crippen LogP contribution in [0.15, 0.2) is 36.4 Å². The first kappa shape index (κ1) is 15.2. The Balaban J connectivity index is 1.80. The third kappa shape index (κ3) is 3.40. The number of phenolic OH excluding ortho intramolecular Hbond substituents is 1. The molecule has 0 bridgehead atoms. The smallest absolute Gasteiger partial charge is 0.194 e. The van der Waals surface area contributed by atoms with Crippen molar-refractivity contribution >= 4 is 5.69 Å². The second-order valence-electron chi connectivity index (χ2n) is 5.50. The van der Waals surface area contributed by atoms with Gasteiger partial charge in [-0.15, -0.1) is 0 Å². The minimum atomic E-state index is -0.738. The van der Waals surface area contributed by atoms with E-state index in [0.29, 0.717) is 5.56 Å². The normalized spacial score (nSPS) is 13.6. The van der Waals surface area contributed by atoms with Gasteiger partial charge in [0, 0.05) is 29.9 Å². The number of aromatic hydroxyl groups is 1. The van der Waals surface area contributed by atoms with Crippen molar-refractivity contribution in [3.05, 3.63) is 53.3 Å². The highest BCUT2D eigenvalue weighted by atomic mass is 19.1. The van der Waals surface area contributed by atoms with Crippen LogP contribution in [0.5, 0.6) is 11.5 Å². The average molecular weight is 311 g/mol. The molecule has 1 N–H and O–H groups in total. The summed E-state index contributed by atoms with van der Waals surface area (Å²) in [5, 5.41) is 9.49. The summed E-state index contributed by atoms with van der Waals surface area (Å²) in [6, 6.07) is 10.8. The summed E-state index contributed by atoms with van der Waals surface area (Å²) in [7, 11) is 1.38. The van der Waals surface area contributed by atoms with E-state index >= 15 is 0 Å². The number of benzene rings is 2. The molecular weight excluding hydrogens is 293 g/mol. The van der Waals surface area contributed by atoms with Crippen LogP contribution in [-0.4, -0.2) is 25.3 Å². The molecule has 23 heavy (non-hydrogen) atoms. The molecule has 3 nitrogen and oxygen atoms in total. The fourth-order valence-electron chi connectivity index (χ4n) is 2.68. The Labute approximate surface area is 135 Å². The monoisotopic (exact) mass is 311 g/mol. The van der Waals surface area contributed by atoms with Crippen LogP contribution in [0.4, 0.5) is 10.1 Å². The molecule has 4 heteroatoms. The van der Waals surface area contributed by atoms with Gasteiger partial charge in [0.15, 0.2) is 17.3 Å². The lowest BCUT2D eigenvalue weighted by molar-refractivity contribution is 0.357. The first-order valence-corrected chi connectivity index (χ1v) is 7.61. The third-order valence-electron chi connectivity index (χ3n) is 3.94. The van der Waals surface area contributed by atoms with Crippen molar-refractivity contribution in [2.45, 2.75) is 12.8 Å². The molecule has 1 saturated heterocycles. The van der Waals surface area contributed by atoms with Gasteiger partial charge in [-0.2, -0.15) is 0 Å². The van der Waals surface area contributed by atoms with Crippen LogP contribution in [-0.2, 0) is 0 Å². The Morgan fingerprint density at radius 3 is 2.35 bits per heavy atom. The van der Waals surface area contributed by atoms with E-state index < -0.39 is 11.6 Å². The predicted octanol–water partition coefficient (Wildman–Crippen LogP) is 3.54. The van der Waals surface area contributed by atoms with Gasteiger partial charge in [0.2, 0.25) is 0 Å². The van der Waals surface area contributed by atoms with Crippen molar-refractivity contribution in [1.29, 1.82) is 0 Å². The number of rotatable bonds is 2. The van der Waals surface area contributed by atoms with Crippen molar-refractivity contribution < 1.29 is 14.2 Å². The molecule has 1 aliphatic heterocycles. The number of phenols is 1. The van der Waals surface area contributed by atoms with E-state index in [4.69, 9.17) is 4.74 Å². The Morgan fingerprint density at radius 1 is 1.04 bits per heavy atom. The van der Waals surface area contributed by atoms with Crippen LogP contribution in [0.25, 0.3) is 0 Å². The van der Waals surface area contributed by atoms with Gasteiger partial charge in [-0.1, -0.05) is 11.8 Å². The highest BCUT2D eigenvalue weighted by molar-refractivity contribution is 5.54. The summed E-state index contributed by atoms with van der Waals surface area (Å²) in [6.45, 7) is 2.22.